The van der Waals surface area contributed by atoms with Gasteiger partial charge in [0.05, 0.1) is 12.6 Å². The first kappa shape index (κ1) is 22.5. The van der Waals surface area contributed by atoms with Crippen molar-refractivity contribution in [2.45, 2.75) is 57.7 Å². The Labute approximate surface area is 191 Å². The molecule has 32 heavy (non-hydrogen) atoms. The van der Waals surface area contributed by atoms with Gasteiger partial charge < -0.3 is 15.1 Å². The summed E-state index contributed by atoms with van der Waals surface area (Å²) in [7, 11) is 2.10. The molecule has 0 amide bonds. The summed E-state index contributed by atoms with van der Waals surface area (Å²) in [6.07, 6.45) is 8.33. The van der Waals surface area contributed by atoms with E-state index in [1.165, 1.54) is 0 Å². The van der Waals surface area contributed by atoms with Gasteiger partial charge in [-0.05, 0) is 63.1 Å². The third kappa shape index (κ3) is 3.13. The molecule has 0 spiro atoms. The fraction of sp³-hybridized carbons (Fsp3) is 0.769. The lowest BCUT2D eigenvalue weighted by atomic mass is 9.46. The third-order valence-electron chi connectivity index (χ3n) is 10.1. The van der Waals surface area contributed by atoms with E-state index in [1.54, 1.807) is 12.2 Å². The molecule has 6 heteroatoms. The third-order valence-corrected chi connectivity index (χ3v) is 10.1. The zero-order valence-corrected chi connectivity index (χ0v) is 19.7. The molecule has 0 radical (unpaired) electrons. The Morgan fingerprint density at radius 3 is 2.62 bits per heavy atom. The SMILES string of the molecule is CN1CCN(CC(=O)[C@@]2(O)CC[C@H]3[C@H]4CCC5=CC(=O)C=C[C@@]5(C)[C@@H]4[C@@H](O)C[C@]32C)CC1. The van der Waals surface area contributed by atoms with Gasteiger partial charge >= 0.3 is 0 Å². The Hall–Kier alpha value is -1.34. The molecule has 7 atom stereocenters. The number of aliphatic hydroxyl groups excluding tert-OH is 1. The number of likely N-dealkylation sites (N-methyl/N-ethyl adjacent to an activating group) is 1. The van der Waals surface area contributed by atoms with Crippen molar-refractivity contribution in [1.29, 1.82) is 0 Å². The number of hydrogen-bond donors (Lipinski definition) is 2. The molecule has 1 saturated heterocycles. The largest absolute Gasteiger partial charge is 0.393 e. The van der Waals surface area contributed by atoms with Crippen molar-refractivity contribution in [2.75, 3.05) is 39.8 Å². The number of carbonyl (C=O) groups excluding carboxylic acids is 2. The van der Waals surface area contributed by atoms with Crippen molar-refractivity contribution in [3.05, 3.63) is 23.8 Å². The quantitative estimate of drug-likeness (QED) is 0.694. The van der Waals surface area contributed by atoms with E-state index in [4.69, 9.17) is 0 Å². The Kier molecular flexibility index (Phi) is 5.32. The molecule has 3 saturated carbocycles. The molecule has 5 aliphatic rings. The number of piperazine rings is 1. The van der Waals surface area contributed by atoms with E-state index >= 15 is 0 Å². The highest BCUT2D eigenvalue weighted by molar-refractivity contribution is 6.01. The van der Waals surface area contributed by atoms with Gasteiger partial charge in [-0.1, -0.05) is 25.5 Å². The summed E-state index contributed by atoms with van der Waals surface area (Å²) in [6, 6.07) is 0. The van der Waals surface area contributed by atoms with Gasteiger partial charge in [0.15, 0.2) is 11.6 Å². The minimum atomic E-state index is -1.37. The van der Waals surface area contributed by atoms with E-state index in [0.29, 0.717) is 19.4 Å². The first-order valence-corrected chi connectivity index (χ1v) is 12.4. The van der Waals surface area contributed by atoms with Crippen LogP contribution in [0.1, 0.15) is 46.0 Å². The second-order valence-corrected chi connectivity index (χ2v) is 11.6. The monoisotopic (exact) mass is 442 g/mol. The molecule has 5 rings (SSSR count). The second-order valence-electron chi connectivity index (χ2n) is 11.6. The standard InChI is InChI=1S/C26H38N2O4/c1-24-8-6-18(29)14-17(24)4-5-19-20-7-9-26(32,25(20,2)15-21(30)23(19)24)22(31)16-28-12-10-27(3)11-13-28/h6,8,14,19-21,23,30,32H,4-5,7,9-13,15-16H2,1-3H3/t19-,20+,21+,23+,24-,25-,26+/m1/s1. The lowest BCUT2D eigenvalue weighted by Gasteiger charge is -2.59. The van der Waals surface area contributed by atoms with Crippen LogP contribution in [0.5, 0.6) is 0 Å². The van der Waals surface area contributed by atoms with Gasteiger partial charge in [0.25, 0.3) is 0 Å². The van der Waals surface area contributed by atoms with Crippen LogP contribution < -0.4 is 0 Å². The van der Waals surface area contributed by atoms with Gasteiger partial charge in [0.2, 0.25) is 0 Å². The minimum absolute atomic E-state index is 0.0278. The van der Waals surface area contributed by atoms with E-state index in [-0.39, 0.29) is 34.7 Å². The highest BCUT2D eigenvalue weighted by Crippen LogP contribution is 2.67. The van der Waals surface area contributed by atoms with Crippen LogP contribution in [0, 0.1) is 28.6 Å². The minimum Gasteiger partial charge on any atom is -0.393 e. The van der Waals surface area contributed by atoms with Crippen molar-refractivity contribution < 1.29 is 19.8 Å². The molecule has 2 N–H and O–H groups in total. The highest BCUT2D eigenvalue weighted by atomic mass is 16.3. The fourth-order valence-electron chi connectivity index (χ4n) is 8.13. The molecule has 0 bridgehead atoms. The smallest absolute Gasteiger partial charge is 0.178 e. The number of rotatable bonds is 3. The molecule has 4 aliphatic carbocycles. The van der Waals surface area contributed by atoms with Gasteiger partial charge in [0.1, 0.15) is 5.60 Å². The van der Waals surface area contributed by atoms with E-state index in [9.17, 15) is 19.8 Å². The van der Waals surface area contributed by atoms with Crippen molar-refractivity contribution >= 4 is 11.6 Å². The molecule has 1 aliphatic heterocycles. The average molecular weight is 443 g/mol. The van der Waals surface area contributed by atoms with Gasteiger partial charge in [0, 0.05) is 42.9 Å². The summed E-state index contributed by atoms with van der Waals surface area (Å²) in [6.45, 7) is 8.10. The van der Waals surface area contributed by atoms with Crippen LogP contribution in [0.4, 0.5) is 0 Å². The Morgan fingerprint density at radius 1 is 1.19 bits per heavy atom. The molecule has 4 fully saturated rings. The number of fused-ring (bicyclic) bond motifs is 5. The molecule has 0 aromatic heterocycles. The maximum absolute atomic E-state index is 13.5. The van der Waals surface area contributed by atoms with Crippen LogP contribution in [-0.4, -0.2) is 83.1 Å². The summed E-state index contributed by atoms with van der Waals surface area (Å²) in [4.78, 5) is 29.9. The molecule has 1 heterocycles. The summed E-state index contributed by atoms with van der Waals surface area (Å²) >= 11 is 0. The van der Waals surface area contributed by atoms with E-state index in [1.807, 2.05) is 6.08 Å². The van der Waals surface area contributed by atoms with Gasteiger partial charge in [-0.3, -0.25) is 14.5 Å². The van der Waals surface area contributed by atoms with Crippen molar-refractivity contribution in [2.24, 2.45) is 28.6 Å². The molecule has 176 valence electrons. The Bertz CT molecular complexity index is 875. The predicted octanol–water partition coefficient (Wildman–Crippen LogP) is 1.81. The number of hydrogen-bond acceptors (Lipinski definition) is 6. The number of allylic oxidation sites excluding steroid dienone is 4. The molecule has 0 aromatic rings. The van der Waals surface area contributed by atoms with Crippen LogP contribution in [-0.2, 0) is 9.59 Å². The number of ketones is 2. The van der Waals surface area contributed by atoms with Gasteiger partial charge in [-0.25, -0.2) is 0 Å². The van der Waals surface area contributed by atoms with Crippen LogP contribution in [0.25, 0.3) is 0 Å². The van der Waals surface area contributed by atoms with Crippen molar-refractivity contribution in [3.63, 3.8) is 0 Å². The summed E-state index contributed by atoms with van der Waals surface area (Å²) in [5, 5.41) is 23.3. The molecule has 0 unspecified atom stereocenters. The lowest BCUT2D eigenvalue weighted by molar-refractivity contribution is -0.177. The number of Topliss-reactive ketones (excluding diaryl/α,β-unsaturated/α-hetero) is 1. The summed E-state index contributed by atoms with van der Waals surface area (Å²) in [5.74, 6) is 0.454. The zero-order valence-electron chi connectivity index (χ0n) is 19.7. The van der Waals surface area contributed by atoms with Crippen LogP contribution >= 0.6 is 0 Å². The number of aliphatic hydroxyl groups is 2. The van der Waals surface area contributed by atoms with E-state index < -0.39 is 17.1 Å². The first-order chi connectivity index (χ1) is 15.1. The normalized spacial score (nSPS) is 46.9. The summed E-state index contributed by atoms with van der Waals surface area (Å²) < 4.78 is 0. The van der Waals surface area contributed by atoms with Crippen LogP contribution in [0.15, 0.2) is 23.8 Å². The van der Waals surface area contributed by atoms with Crippen molar-refractivity contribution in [3.8, 4) is 0 Å². The highest BCUT2D eigenvalue weighted by Gasteiger charge is 2.68. The Morgan fingerprint density at radius 2 is 1.91 bits per heavy atom. The lowest BCUT2D eigenvalue weighted by Crippen LogP contribution is -2.62. The Balaban J connectivity index is 1.40. The maximum Gasteiger partial charge on any atom is 0.178 e. The second kappa shape index (κ2) is 7.59. The fourth-order valence-corrected chi connectivity index (χ4v) is 8.13. The molecule has 6 nitrogen and oxygen atoms in total. The first-order valence-electron chi connectivity index (χ1n) is 12.4. The van der Waals surface area contributed by atoms with Gasteiger partial charge in [-0.2, -0.15) is 0 Å². The maximum atomic E-state index is 13.5. The molecule has 0 aromatic carbocycles. The van der Waals surface area contributed by atoms with Crippen molar-refractivity contribution in [1.82, 2.24) is 9.80 Å². The van der Waals surface area contributed by atoms with Crippen LogP contribution in [0.2, 0.25) is 0 Å². The van der Waals surface area contributed by atoms with Crippen LogP contribution in [0.3, 0.4) is 0 Å². The number of carbonyl (C=O) groups is 2. The predicted molar refractivity (Wildman–Crippen MR) is 122 cm³/mol. The van der Waals surface area contributed by atoms with E-state index in [2.05, 4.69) is 30.7 Å². The topological polar surface area (TPSA) is 81.1 Å². The van der Waals surface area contributed by atoms with Gasteiger partial charge in [-0.15, -0.1) is 0 Å². The summed E-state index contributed by atoms with van der Waals surface area (Å²) in [5.41, 5.74) is -1.17. The van der Waals surface area contributed by atoms with E-state index in [0.717, 1.165) is 51.0 Å². The zero-order chi connectivity index (χ0) is 22.9. The number of nitrogens with zero attached hydrogens (tertiary/aromatic N) is 2. The molecular weight excluding hydrogens is 404 g/mol. The average Bonchev–Trinajstić information content (AvgIpc) is 3.01. The molecular formula is C26H38N2O4.